The predicted molar refractivity (Wildman–Crippen MR) is 117 cm³/mol. The molecule has 1 N–H and O–H groups in total. The van der Waals surface area contributed by atoms with Crippen LogP contribution in [0.4, 0.5) is 0 Å². The van der Waals surface area contributed by atoms with Crippen molar-refractivity contribution in [3.8, 4) is 0 Å². The van der Waals surface area contributed by atoms with Gasteiger partial charge in [0.25, 0.3) is 0 Å². The summed E-state index contributed by atoms with van der Waals surface area (Å²) in [4.78, 5) is 20.3. The van der Waals surface area contributed by atoms with Gasteiger partial charge in [0.15, 0.2) is 0 Å². The highest BCUT2D eigenvalue weighted by atomic mass is 16.1. The number of pyridine rings is 1. The smallest absolute Gasteiger partial charge is 0.243 e. The predicted octanol–water partition coefficient (Wildman–Crippen LogP) is 1.69. The van der Waals surface area contributed by atoms with Crippen LogP contribution >= 0.6 is 0 Å². The minimum Gasteiger partial charge on any atom is -0.353 e. The number of nitrogens with zero attached hydrogens (tertiary/aromatic N) is 6. The largest absolute Gasteiger partial charge is 0.353 e. The van der Waals surface area contributed by atoms with Crippen molar-refractivity contribution in [1.82, 2.24) is 30.3 Å². The summed E-state index contributed by atoms with van der Waals surface area (Å²) in [6, 6.07) is 11.8. The van der Waals surface area contributed by atoms with E-state index in [1.165, 1.54) is 0 Å². The summed E-state index contributed by atoms with van der Waals surface area (Å²) in [6.07, 6.45) is 8.83. The van der Waals surface area contributed by atoms with E-state index in [9.17, 15) is 4.79 Å². The molecule has 8 nitrogen and oxygen atoms in total. The Bertz CT molecular complexity index is 977. The molecule has 0 spiro atoms. The van der Waals surface area contributed by atoms with Gasteiger partial charge in [0.1, 0.15) is 11.0 Å². The van der Waals surface area contributed by atoms with Gasteiger partial charge in [-0.2, -0.15) is 4.79 Å². The normalized spacial score (nSPS) is 15.1. The summed E-state index contributed by atoms with van der Waals surface area (Å²) < 4.78 is 0. The topological polar surface area (TPSA) is 79.2 Å². The Labute approximate surface area is 176 Å². The van der Waals surface area contributed by atoms with Crippen LogP contribution in [0, 0.1) is 0 Å². The molecule has 1 fully saturated rings. The van der Waals surface area contributed by atoms with Crippen LogP contribution in [0.2, 0.25) is 0 Å². The maximum atomic E-state index is 11.9. The molecular weight excluding hydrogens is 378 g/mol. The van der Waals surface area contributed by atoms with Crippen molar-refractivity contribution in [2.75, 3.05) is 44.3 Å². The highest BCUT2D eigenvalue weighted by molar-refractivity contribution is 5.91. The third-order valence-electron chi connectivity index (χ3n) is 5.26. The fourth-order valence-corrected chi connectivity index (χ4v) is 3.59. The Morgan fingerprint density at radius 3 is 2.77 bits per heavy atom. The Balaban J connectivity index is 1.12. The standard InChI is InChI=1S/C22H27N7O/c30-22(10-9-19-6-5-11-23-18-19)24-12-3-4-13-27-14-16-28(17-15-27)29-21-8-2-1-7-20(21)25-26-29/h1-2,5-11,18H,3-4,12-17H2,(H,24,30). The average Bonchev–Trinajstić information content (AvgIpc) is 3.23. The number of fused-ring (bicyclic) bond motifs is 1. The second kappa shape index (κ2) is 9.98. The fourth-order valence-electron chi connectivity index (χ4n) is 3.59. The van der Waals surface area contributed by atoms with E-state index in [1.54, 1.807) is 24.5 Å². The lowest BCUT2D eigenvalue weighted by Crippen LogP contribution is -2.51. The van der Waals surface area contributed by atoms with Gasteiger partial charge in [-0.05, 0) is 54.4 Å². The van der Waals surface area contributed by atoms with E-state index in [0.717, 1.165) is 62.2 Å². The first-order valence-electron chi connectivity index (χ1n) is 10.4. The number of nitrogens with one attached hydrogen (secondary N) is 1. The molecule has 1 aromatic carbocycles. The molecule has 1 saturated heterocycles. The number of hydrogen-bond donors (Lipinski definition) is 1. The molecule has 0 radical (unpaired) electrons. The molecule has 0 unspecified atom stereocenters. The van der Waals surface area contributed by atoms with Crippen molar-refractivity contribution in [2.24, 2.45) is 0 Å². The second-order valence-corrected chi connectivity index (χ2v) is 7.38. The molecule has 30 heavy (non-hydrogen) atoms. The second-order valence-electron chi connectivity index (χ2n) is 7.38. The number of unbranched alkanes of at least 4 members (excludes halogenated alkanes) is 1. The third kappa shape index (κ3) is 5.21. The molecule has 0 bridgehead atoms. The minimum atomic E-state index is -0.0625. The molecule has 1 amide bonds. The van der Waals surface area contributed by atoms with Gasteiger partial charge in [-0.3, -0.25) is 19.7 Å². The minimum absolute atomic E-state index is 0.0625. The molecule has 0 saturated carbocycles. The van der Waals surface area contributed by atoms with Crippen LogP contribution in [0.25, 0.3) is 17.1 Å². The monoisotopic (exact) mass is 405 g/mol. The highest BCUT2D eigenvalue weighted by Gasteiger charge is 2.19. The van der Waals surface area contributed by atoms with E-state index in [4.69, 9.17) is 0 Å². The number of benzene rings is 1. The molecular formula is C22H27N7O. The number of para-hydroxylation sites is 1. The summed E-state index contributed by atoms with van der Waals surface area (Å²) in [7, 11) is 0. The number of hydrogen-bond acceptors (Lipinski definition) is 6. The van der Waals surface area contributed by atoms with Crippen molar-refractivity contribution < 1.29 is 4.79 Å². The van der Waals surface area contributed by atoms with E-state index >= 15 is 0 Å². The van der Waals surface area contributed by atoms with Gasteiger partial charge >= 0.3 is 0 Å². The SMILES string of the molecule is O=C(C=Cc1cccnc1)NCCCCN1CCN(n2nnc3ccccc32)CC1. The van der Waals surface area contributed by atoms with E-state index < -0.39 is 0 Å². The Morgan fingerprint density at radius 2 is 1.93 bits per heavy atom. The van der Waals surface area contributed by atoms with E-state index in [1.807, 2.05) is 35.1 Å². The van der Waals surface area contributed by atoms with Gasteiger partial charge in [-0.1, -0.05) is 18.2 Å². The Hall–Kier alpha value is -3.26. The fraction of sp³-hybridized carbons (Fsp3) is 0.364. The van der Waals surface area contributed by atoms with Gasteiger partial charge in [0.2, 0.25) is 5.91 Å². The van der Waals surface area contributed by atoms with Gasteiger partial charge in [0, 0.05) is 51.2 Å². The van der Waals surface area contributed by atoms with Crippen molar-refractivity contribution in [3.63, 3.8) is 0 Å². The Kier molecular flexibility index (Phi) is 6.66. The van der Waals surface area contributed by atoms with E-state index in [2.05, 4.69) is 36.6 Å². The molecule has 156 valence electrons. The summed E-state index contributed by atoms with van der Waals surface area (Å²) >= 11 is 0. The quantitative estimate of drug-likeness (QED) is 0.454. The third-order valence-corrected chi connectivity index (χ3v) is 5.26. The lowest BCUT2D eigenvalue weighted by molar-refractivity contribution is -0.116. The molecule has 2 aromatic heterocycles. The van der Waals surface area contributed by atoms with Crippen LogP contribution in [-0.2, 0) is 4.79 Å². The van der Waals surface area contributed by atoms with Crippen LogP contribution in [0.1, 0.15) is 18.4 Å². The maximum absolute atomic E-state index is 11.9. The first-order chi connectivity index (χ1) is 14.8. The Morgan fingerprint density at radius 1 is 1.07 bits per heavy atom. The number of carbonyl (C=O) groups excluding carboxylic acids is 1. The molecule has 1 aliphatic rings. The number of rotatable bonds is 8. The van der Waals surface area contributed by atoms with Crippen LogP contribution in [0.5, 0.6) is 0 Å². The van der Waals surface area contributed by atoms with Crippen LogP contribution in [-0.4, -0.2) is 70.2 Å². The zero-order valence-corrected chi connectivity index (χ0v) is 17.0. The molecule has 3 heterocycles. The summed E-state index contributed by atoms with van der Waals surface area (Å²) in [5.41, 5.74) is 2.90. The zero-order chi connectivity index (χ0) is 20.6. The number of piperazine rings is 1. The zero-order valence-electron chi connectivity index (χ0n) is 17.0. The maximum Gasteiger partial charge on any atom is 0.243 e. The van der Waals surface area contributed by atoms with Crippen molar-refractivity contribution in [1.29, 1.82) is 0 Å². The lowest BCUT2D eigenvalue weighted by Gasteiger charge is -2.35. The van der Waals surface area contributed by atoms with Crippen LogP contribution in [0.15, 0.2) is 54.9 Å². The average molecular weight is 406 g/mol. The van der Waals surface area contributed by atoms with Crippen LogP contribution in [0.3, 0.4) is 0 Å². The van der Waals surface area contributed by atoms with Gasteiger partial charge in [-0.15, -0.1) is 5.10 Å². The molecule has 1 aliphatic heterocycles. The molecule has 4 rings (SSSR count). The van der Waals surface area contributed by atoms with Crippen LogP contribution < -0.4 is 10.3 Å². The number of aromatic nitrogens is 4. The summed E-state index contributed by atoms with van der Waals surface area (Å²) in [5, 5.41) is 13.7. The number of amides is 1. The van der Waals surface area contributed by atoms with Gasteiger partial charge < -0.3 is 5.32 Å². The van der Waals surface area contributed by atoms with Crippen molar-refractivity contribution in [2.45, 2.75) is 12.8 Å². The summed E-state index contributed by atoms with van der Waals surface area (Å²) in [5.74, 6) is -0.0625. The first-order valence-corrected chi connectivity index (χ1v) is 10.4. The summed E-state index contributed by atoms with van der Waals surface area (Å²) in [6.45, 7) is 5.63. The highest BCUT2D eigenvalue weighted by Crippen LogP contribution is 2.12. The van der Waals surface area contributed by atoms with E-state index in [-0.39, 0.29) is 5.91 Å². The number of carbonyl (C=O) groups is 1. The molecule has 0 atom stereocenters. The van der Waals surface area contributed by atoms with Crippen molar-refractivity contribution in [3.05, 3.63) is 60.4 Å². The molecule has 3 aromatic rings. The molecule has 0 aliphatic carbocycles. The van der Waals surface area contributed by atoms with Crippen molar-refractivity contribution >= 4 is 23.0 Å². The first kappa shape index (κ1) is 20.0. The van der Waals surface area contributed by atoms with Gasteiger partial charge in [-0.25, -0.2) is 0 Å². The van der Waals surface area contributed by atoms with E-state index in [0.29, 0.717) is 6.54 Å². The van der Waals surface area contributed by atoms with Gasteiger partial charge in [0.05, 0.1) is 0 Å². The molecule has 8 heteroatoms. The lowest BCUT2D eigenvalue weighted by atomic mass is 10.2.